The largest absolute Gasteiger partial charge is 0.416 e. The van der Waals surface area contributed by atoms with Crippen LogP contribution in [0.25, 0.3) is 51.4 Å². The minimum absolute atomic E-state index is 0.0439. The van der Waals surface area contributed by atoms with E-state index in [1.165, 1.54) is 12.1 Å². The van der Waals surface area contributed by atoms with E-state index in [1.54, 1.807) is 6.07 Å². The van der Waals surface area contributed by atoms with E-state index >= 15 is 8.78 Å². The fourth-order valence-corrected chi connectivity index (χ4v) is 8.20. The van der Waals surface area contributed by atoms with Gasteiger partial charge in [0.2, 0.25) is 0 Å². The van der Waals surface area contributed by atoms with Gasteiger partial charge in [0.15, 0.2) is 17.4 Å². The summed E-state index contributed by atoms with van der Waals surface area (Å²) in [6, 6.07) is 25.8. The Morgan fingerprint density at radius 2 is 1.60 bits per heavy atom. The Morgan fingerprint density at radius 1 is 0.750 bits per heavy atom. The van der Waals surface area contributed by atoms with Gasteiger partial charge in [-0.1, -0.05) is 71.9 Å². The molecule has 0 saturated heterocycles. The van der Waals surface area contributed by atoms with Gasteiger partial charge in [-0.25, -0.2) is 13.2 Å². The third-order valence-corrected chi connectivity index (χ3v) is 10.5. The summed E-state index contributed by atoms with van der Waals surface area (Å²) in [4.78, 5) is 5.30. The molecule has 0 radical (unpaired) electrons. The predicted molar refractivity (Wildman–Crippen MR) is 186 cm³/mol. The van der Waals surface area contributed by atoms with E-state index in [-0.39, 0.29) is 16.8 Å². The first-order valence-corrected chi connectivity index (χ1v) is 16.5. The van der Waals surface area contributed by atoms with E-state index in [0.717, 1.165) is 56.1 Å². The zero-order chi connectivity index (χ0) is 35.5. The maximum absolute atomic E-state index is 15.4. The van der Waals surface area contributed by atoms with Crippen LogP contribution in [-0.4, -0.2) is 17.0 Å². The van der Waals surface area contributed by atoms with Crippen molar-refractivity contribution in [3.05, 3.63) is 165 Å². The van der Waals surface area contributed by atoms with Gasteiger partial charge in [0, 0.05) is 28.7 Å². The Hall–Kier alpha value is -6.00. The fraction of sp³-hybridized carbons (Fsp3) is 0.0952. The molecule has 3 aliphatic carbocycles. The molecule has 0 bridgehead atoms. The molecule has 1 N–H and O–H groups in total. The summed E-state index contributed by atoms with van der Waals surface area (Å²) in [6.07, 6.45) is 2.45. The average Bonchev–Trinajstić information content (AvgIpc) is 3.85. The Labute approximate surface area is 291 Å². The fourth-order valence-electron chi connectivity index (χ4n) is 8.20. The number of allylic oxidation sites excluding steroid dienone is 1. The third kappa shape index (κ3) is 4.40. The second-order valence-electron chi connectivity index (χ2n) is 13.4. The van der Waals surface area contributed by atoms with E-state index < -0.39 is 46.8 Å². The van der Waals surface area contributed by atoms with Crippen LogP contribution in [0.3, 0.4) is 0 Å². The van der Waals surface area contributed by atoms with Gasteiger partial charge in [-0.05, 0) is 92.0 Å². The van der Waals surface area contributed by atoms with Crippen LogP contribution in [0.1, 0.15) is 39.5 Å². The summed E-state index contributed by atoms with van der Waals surface area (Å²) in [5, 5.41) is 11.8. The van der Waals surface area contributed by atoms with E-state index in [2.05, 4.69) is 10.5 Å². The lowest BCUT2D eigenvalue weighted by molar-refractivity contribution is -0.137. The number of nitrogens with zero attached hydrogens (tertiary/aromatic N) is 2. The SMILES string of the molecule is Fc1cc(C(F)(F)F)ccc1-c1cc(C2=Cc3ccccc3C2C2N=C3C=c4cccc5ccc6c(c45)C3(C=C(c3cccc(F)c3F)C=6)N2)on1. The number of nitrogens with one attached hydrogen (secondary N) is 1. The highest BCUT2D eigenvalue weighted by Crippen LogP contribution is 2.49. The average molecular weight is 700 g/mol. The maximum atomic E-state index is 15.4. The lowest BCUT2D eigenvalue weighted by Crippen LogP contribution is -2.52. The van der Waals surface area contributed by atoms with Gasteiger partial charge in [0.1, 0.15) is 23.2 Å². The van der Waals surface area contributed by atoms with Crippen molar-refractivity contribution in [2.75, 3.05) is 0 Å². The number of fused-ring (bicyclic) bond motifs is 1. The highest BCUT2D eigenvalue weighted by Gasteiger charge is 2.50. The molecular formula is C42H23F6N3O. The van der Waals surface area contributed by atoms with Gasteiger partial charge in [-0.3, -0.25) is 10.3 Å². The van der Waals surface area contributed by atoms with E-state index in [1.807, 2.05) is 78.9 Å². The summed E-state index contributed by atoms with van der Waals surface area (Å²) in [7, 11) is 0. The van der Waals surface area contributed by atoms with Crippen molar-refractivity contribution >= 4 is 45.9 Å². The molecule has 10 rings (SSSR count). The van der Waals surface area contributed by atoms with Crippen LogP contribution < -0.4 is 15.8 Å². The van der Waals surface area contributed by atoms with Crippen molar-refractivity contribution in [3.8, 4) is 11.3 Å². The first kappa shape index (κ1) is 30.8. The van der Waals surface area contributed by atoms with E-state index in [9.17, 15) is 17.6 Å². The molecule has 5 aromatic carbocycles. The Kier molecular flexibility index (Phi) is 6.37. The van der Waals surface area contributed by atoms with Crippen LogP contribution in [0, 0.1) is 17.5 Å². The number of halogens is 6. The van der Waals surface area contributed by atoms with Crippen molar-refractivity contribution in [3.63, 3.8) is 0 Å². The number of aromatic nitrogens is 1. The maximum Gasteiger partial charge on any atom is 0.416 e. The third-order valence-electron chi connectivity index (χ3n) is 10.5. The van der Waals surface area contributed by atoms with Gasteiger partial charge < -0.3 is 4.52 Å². The van der Waals surface area contributed by atoms with Gasteiger partial charge in [-0.2, -0.15) is 13.2 Å². The lowest BCUT2D eigenvalue weighted by atomic mass is 9.73. The Balaban J connectivity index is 1.12. The van der Waals surface area contributed by atoms with Crippen LogP contribution >= 0.6 is 0 Å². The Bertz CT molecular complexity index is 2780. The number of rotatable bonds is 4. The quantitative estimate of drug-likeness (QED) is 0.188. The molecule has 0 amide bonds. The van der Waals surface area contributed by atoms with E-state index in [0.29, 0.717) is 28.7 Å². The van der Waals surface area contributed by atoms with Crippen LogP contribution in [0.4, 0.5) is 26.3 Å². The molecule has 6 aromatic rings. The van der Waals surface area contributed by atoms with Crippen molar-refractivity contribution in [1.82, 2.24) is 10.5 Å². The van der Waals surface area contributed by atoms with E-state index in [4.69, 9.17) is 9.52 Å². The standard InChI is InChI=1S/C42H23F6N3O/c43-31-10-4-9-28(39(31)45)25-15-24-12-11-21-6-3-7-23-17-35-41(20-25,38(24)36(21)23)50-40(49-35)37-27-8-2-1-5-22(27)16-30(37)34-19-33(51-52-34)29-14-13-26(18-32(29)44)42(46,47)48/h1-20,37,40,50H. The minimum Gasteiger partial charge on any atom is -0.356 e. The van der Waals surface area contributed by atoms with Gasteiger partial charge >= 0.3 is 6.18 Å². The smallest absolute Gasteiger partial charge is 0.356 e. The van der Waals surface area contributed by atoms with Gasteiger partial charge in [0.05, 0.1) is 11.3 Å². The Morgan fingerprint density at radius 3 is 2.44 bits per heavy atom. The number of aliphatic imine (C=N–C) groups is 1. The summed E-state index contributed by atoms with van der Waals surface area (Å²) in [5.41, 5.74) is 2.59. The molecule has 2 heterocycles. The van der Waals surface area contributed by atoms with Crippen LogP contribution in [-0.2, 0) is 11.7 Å². The first-order chi connectivity index (χ1) is 25.1. The van der Waals surface area contributed by atoms with Crippen molar-refractivity contribution in [2.24, 2.45) is 4.99 Å². The topological polar surface area (TPSA) is 50.4 Å². The minimum atomic E-state index is -4.70. The summed E-state index contributed by atoms with van der Waals surface area (Å²) in [6.45, 7) is 0. The van der Waals surface area contributed by atoms with Crippen molar-refractivity contribution in [1.29, 1.82) is 0 Å². The molecule has 0 fully saturated rings. The van der Waals surface area contributed by atoms with Crippen LogP contribution in [0.2, 0.25) is 0 Å². The zero-order valence-corrected chi connectivity index (χ0v) is 26.8. The molecule has 4 aliphatic rings. The molecular weight excluding hydrogens is 676 g/mol. The monoisotopic (exact) mass is 699 g/mol. The lowest BCUT2D eigenvalue weighted by Gasteiger charge is -2.37. The summed E-state index contributed by atoms with van der Waals surface area (Å²) < 4.78 is 90.4. The zero-order valence-electron chi connectivity index (χ0n) is 26.8. The molecule has 10 heteroatoms. The summed E-state index contributed by atoms with van der Waals surface area (Å²) >= 11 is 0. The number of hydrogen-bond donors (Lipinski definition) is 1. The molecule has 1 aromatic heterocycles. The second-order valence-corrected chi connectivity index (χ2v) is 13.4. The predicted octanol–water partition coefficient (Wildman–Crippen LogP) is 8.51. The molecule has 1 aliphatic heterocycles. The van der Waals surface area contributed by atoms with Gasteiger partial charge in [-0.15, -0.1) is 0 Å². The highest BCUT2D eigenvalue weighted by molar-refractivity contribution is 6.24. The van der Waals surface area contributed by atoms with Crippen LogP contribution in [0.5, 0.6) is 0 Å². The van der Waals surface area contributed by atoms with Gasteiger partial charge in [0.25, 0.3) is 0 Å². The van der Waals surface area contributed by atoms with Crippen molar-refractivity contribution < 1.29 is 30.9 Å². The highest BCUT2D eigenvalue weighted by atomic mass is 19.4. The molecule has 52 heavy (non-hydrogen) atoms. The second kappa shape index (κ2) is 10.8. The molecule has 3 unspecified atom stereocenters. The number of alkyl halides is 3. The number of hydrogen-bond acceptors (Lipinski definition) is 4. The molecule has 3 atom stereocenters. The normalized spacial score (nSPS) is 21.2. The number of benzene rings is 5. The first-order valence-electron chi connectivity index (χ1n) is 16.5. The molecule has 254 valence electrons. The molecule has 0 saturated carbocycles. The van der Waals surface area contributed by atoms with Crippen molar-refractivity contribution in [2.45, 2.75) is 23.8 Å². The molecule has 4 nitrogen and oxygen atoms in total. The molecule has 1 spiro atoms. The van der Waals surface area contributed by atoms with Crippen LogP contribution in [0.15, 0.2) is 113 Å². The summed E-state index contributed by atoms with van der Waals surface area (Å²) in [5.74, 6) is -3.12.